The summed E-state index contributed by atoms with van der Waals surface area (Å²) in [5.41, 5.74) is 1.07. The first-order valence-electron chi connectivity index (χ1n) is 5.68. The van der Waals surface area contributed by atoms with Gasteiger partial charge in [-0.3, -0.25) is 4.99 Å². The molecule has 0 aliphatic carbocycles. The molecule has 1 aliphatic heterocycles. The van der Waals surface area contributed by atoms with Crippen LogP contribution in [0.5, 0.6) is 0 Å². The molecular formula is C13H16ClNS. The van der Waals surface area contributed by atoms with Crippen LogP contribution in [0.1, 0.15) is 38.7 Å². The maximum atomic E-state index is 6.25. The Kier molecular flexibility index (Phi) is 3.60. The molecular weight excluding hydrogens is 238 g/mol. The van der Waals surface area contributed by atoms with Gasteiger partial charge < -0.3 is 0 Å². The molecule has 0 saturated heterocycles. The molecule has 0 amide bonds. The molecule has 0 radical (unpaired) electrons. The molecule has 86 valence electrons. The van der Waals surface area contributed by atoms with Crippen LogP contribution < -0.4 is 0 Å². The second-order valence-electron chi connectivity index (χ2n) is 4.28. The lowest BCUT2D eigenvalue weighted by molar-refractivity contribution is 0.573. The fourth-order valence-corrected chi connectivity index (χ4v) is 3.60. The molecule has 0 fully saturated rings. The van der Waals surface area contributed by atoms with Crippen molar-refractivity contribution in [2.24, 2.45) is 4.99 Å². The lowest BCUT2D eigenvalue weighted by Gasteiger charge is -2.29. The molecule has 1 aliphatic rings. The van der Waals surface area contributed by atoms with Gasteiger partial charge in [0.1, 0.15) is 10.0 Å². The van der Waals surface area contributed by atoms with E-state index in [2.05, 4.69) is 31.0 Å². The molecule has 0 N–H and O–H groups in total. The normalized spacial score (nSPS) is 23.8. The largest absolute Gasteiger partial charge is 0.255 e. The standard InChI is InChI=1S/C13H16ClNS/c1-3-4-9-13(2)15-12(14)10-7-5-6-8-11(10)16-13/h5-8H,3-4,9H2,1-2H3. The van der Waals surface area contributed by atoms with Crippen molar-refractivity contribution >= 4 is 28.5 Å². The van der Waals surface area contributed by atoms with Crippen molar-refractivity contribution in [1.82, 2.24) is 0 Å². The molecule has 0 saturated carbocycles. The molecule has 16 heavy (non-hydrogen) atoms. The van der Waals surface area contributed by atoms with Crippen molar-refractivity contribution in [2.45, 2.75) is 42.9 Å². The molecule has 1 aromatic carbocycles. The summed E-state index contributed by atoms with van der Waals surface area (Å²) >= 11 is 8.08. The van der Waals surface area contributed by atoms with Gasteiger partial charge >= 0.3 is 0 Å². The van der Waals surface area contributed by atoms with E-state index in [0.29, 0.717) is 5.17 Å². The number of halogens is 1. The van der Waals surface area contributed by atoms with Crippen LogP contribution in [-0.4, -0.2) is 10.0 Å². The van der Waals surface area contributed by atoms with Crippen LogP contribution in [0.2, 0.25) is 0 Å². The van der Waals surface area contributed by atoms with Crippen molar-refractivity contribution < 1.29 is 0 Å². The highest BCUT2D eigenvalue weighted by molar-refractivity contribution is 8.00. The molecule has 0 spiro atoms. The van der Waals surface area contributed by atoms with Gasteiger partial charge in [-0.1, -0.05) is 61.3 Å². The van der Waals surface area contributed by atoms with Crippen LogP contribution in [0.25, 0.3) is 0 Å². The van der Waals surface area contributed by atoms with E-state index >= 15 is 0 Å². The summed E-state index contributed by atoms with van der Waals surface area (Å²) in [7, 11) is 0. The van der Waals surface area contributed by atoms with E-state index in [1.54, 1.807) is 0 Å². The zero-order chi connectivity index (χ0) is 11.6. The van der Waals surface area contributed by atoms with E-state index in [1.165, 1.54) is 17.7 Å². The van der Waals surface area contributed by atoms with E-state index < -0.39 is 0 Å². The summed E-state index contributed by atoms with van der Waals surface area (Å²) in [6.07, 6.45) is 3.48. The van der Waals surface area contributed by atoms with Crippen LogP contribution >= 0.6 is 23.4 Å². The number of unbranched alkanes of at least 4 members (excludes halogenated alkanes) is 1. The third-order valence-corrected chi connectivity index (χ3v) is 4.37. The summed E-state index contributed by atoms with van der Waals surface area (Å²) in [4.78, 5) is 5.81. The van der Waals surface area contributed by atoms with Gasteiger partial charge in [-0.2, -0.15) is 0 Å². The van der Waals surface area contributed by atoms with Crippen LogP contribution in [0.15, 0.2) is 34.2 Å². The molecule has 1 atom stereocenters. The van der Waals surface area contributed by atoms with Gasteiger partial charge in [0.05, 0.1) is 0 Å². The second kappa shape index (κ2) is 4.80. The lowest BCUT2D eigenvalue weighted by Crippen LogP contribution is -2.22. The maximum absolute atomic E-state index is 6.25. The monoisotopic (exact) mass is 253 g/mol. The Morgan fingerprint density at radius 2 is 2.12 bits per heavy atom. The summed E-state index contributed by atoms with van der Waals surface area (Å²) in [6, 6.07) is 8.22. The van der Waals surface area contributed by atoms with E-state index in [9.17, 15) is 0 Å². The first-order chi connectivity index (χ1) is 7.64. The molecule has 0 aromatic heterocycles. The number of fused-ring (bicyclic) bond motifs is 1. The highest BCUT2D eigenvalue weighted by Gasteiger charge is 2.30. The number of hydrogen-bond acceptors (Lipinski definition) is 2. The number of rotatable bonds is 3. The first kappa shape index (κ1) is 12.0. The Hall–Kier alpha value is -0.470. The number of thioether (sulfide) groups is 1. The maximum Gasteiger partial charge on any atom is 0.133 e. The van der Waals surface area contributed by atoms with Gasteiger partial charge in [0, 0.05) is 10.5 Å². The van der Waals surface area contributed by atoms with Crippen molar-refractivity contribution in [3.05, 3.63) is 29.8 Å². The van der Waals surface area contributed by atoms with E-state index in [-0.39, 0.29) is 4.87 Å². The van der Waals surface area contributed by atoms with Gasteiger partial charge in [0.25, 0.3) is 0 Å². The third kappa shape index (κ3) is 2.44. The minimum atomic E-state index is -0.0819. The van der Waals surface area contributed by atoms with Gasteiger partial charge in [-0.15, -0.1) is 0 Å². The van der Waals surface area contributed by atoms with Gasteiger partial charge in [0.2, 0.25) is 0 Å². The topological polar surface area (TPSA) is 12.4 Å². The predicted octanol–water partition coefficient (Wildman–Crippen LogP) is 4.68. The molecule has 1 unspecified atom stereocenters. The van der Waals surface area contributed by atoms with Crippen LogP contribution in [0, 0.1) is 0 Å². The summed E-state index contributed by atoms with van der Waals surface area (Å²) in [5.74, 6) is 0. The molecule has 2 rings (SSSR count). The number of benzene rings is 1. The number of nitrogens with zero attached hydrogens (tertiary/aromatic N) is 1. The molecule has 0 bridgehead atoms. The summed E-state index contributed by atoms with van der Waals surface area (Å²) < 4.78 is 0. The number of aliphatic imine (C=N–C) groups is 1. The molecule has 1 heterocycles. The van der Waals surface area contributed by atoms with Gasteiger partial charge in [0.15, 0.2) is 0 Å². The Morgan fingerprint density at radius 1 is 1.38 bits per heavy atom. The highest BCUT2D eigenvalue weighted by atomic mass is 35.5. The fourth-order valence-electron chi connectivity index (χ4n) is 1.87. The Morgan fingerprint density at radius 3 is 2.88 bits per heavy atom. The quantitative estimate of drug-likeness (QED) is 0.762. The molecule has 1 nitrogen and oxygen atoms in total. The van der Waals surface area contributed by atoms with Gasteiger partial charge in [-0.25, -0.2) is 0 Å². The second-order valence-corrected chi connectivity index (χ2v) is 6.16. The zero-order valence-electron chi connectivity index (χ0n) is 9.66. The van der Waals surface area contributed by atoms with Gasteiger partial charge in [-0.05, 0) is 19.4 Å². The zero-order valence-corrected chi connectivity index (χ0v) is 11.2. The first-order valence-corrected chi connectivity index (χ1v) is 6.88. The Balaban J connectivity index is 2.28. The Labute approximate surface area is 106 Å². The number of hydrogen-bond donors (Lipinski definition) is 0. The Bertz CT molecular complexity index is 416. The minimum Gasteiger partial charge on any atom is -0.255 e. The smallest absolute Gasteiger partial charge is 0.133 e. The van der Waals surface area contributed by atoms with E-state index in [1.807, 2.05) is 23.9 Å². The van der Waals surface area contributed by atoms with Crippen LogP contribution in [-0.2, 0) is 0 Å². The third-order valence-electron chi connectivity index (χ3n) is 2.77. The predicted molar refractivity (Wildman–Crippen MR) is 72.6 cm³/mol. The minimum absolute atomic E-state index is 0.0819. The SMILES string of the molecule is CCCCC1(C)N=C(Cl)c2ccccc2S1. The summed E-state index contributed by atoms with van der Waals surface area (Å²) in [6.45, 7) is 4.38. The van der Waals surface area contributed by atoms with E-state index in [4.69, 9.17) is 11.6 Å². The molecule has 3 heteroatoms. The average Bonchev–Trinajstić information content (AvgIpc) is 2.26. The van der Waals surface area contributed by atoms with Crippen LogP contribution in [0.4, 0.5) is 0 Å². The lowest BCUT2D eigenvalue weighted by atomic mass is 10.1. The average molecular weight is 254 g/mol. The fraction of sp³-hybridized carbons (Fsp3) is 0.462. The van der Waals surface area contributed by atoms with E-state index in [0.717, 1.165) is 12.0 Å². The van der Waals surface area contributed by atoms with Crippen molar-refractivity contribution in [2.75, 3.05) is 0 Å². The van der Waals surface area contributed by atoms with Crippen molar-refractivity contribution in [1.29, 1.82) is 0 Å². The van der Waals surface area contributed by atoms with Crippen LogP contribution in [0.3, 0.4) is 0 Å². The summed E-state index contributed by atoms with van der Waals surface area (Å²) in [5, 5.41) is 0.660. The van der Waals surface area contributed by atoms with Crippen molar-refractivity contribution in [3.63, 3.8) is 0 Å². The highest BCUT2D eigenvalue weighted by Crippen LogP contribution is 2.43. The van der Waals surface area contributed by atoms with Crippen molar-refractivity contribution in [3.8, 4) is 0 Å². The molecule has 1 aromatic rings.